The first-order valence-corrected chi connectivity index (χ1v) is 4.72. The maximum Gasteiger partial charge on any atom is 2.00 e. The van der Waals surface area contributed by atoms with Crippen molar-refractivity contribution in [2.75, 3.05) is 14.2 Å². The number of aliphatic hydroxyl groups excluding tert-OH is 2. The van der Waals surface area contributed by atoms with Gasteiger partial charge in [-0.1, -0.05) is 0 Å². The summed E-state index contributed by atoms with van der Waals surface area (Å²) in [4.78, 5) is 0. The van der Waals surface area contributed by atoms with Gasteiger partial charge in [0.15, 0.2) is 0 Å². The summed E-state index contributed by atoms with van der Waals surface area (Å²) in [5.41, 5.74) is 0. The van der Waals surface area contributed by atoms with Crippen molar-refractivity contribution in [2.45, 2.75) is 0 Å². The molecule has 0 aliphatic heterocycles. The van der Waals surface area contributed by atoms with Crippen molar-refractivity contribution in [1.29, 1.82) is 0 Å². The van der Waals surface area contributed by atoms with Crippen LogP contribution in [0.2, 0.25) is 0 Å². The SMILES string of the molecule is CO.CO.[Ti+2].[c-]1ccccc1.[c-]1ccccc1. The van der Waals surface area contributed by atoms with E-state index in [-0.39, 0.29) is 21.7 Å². The molecule has 17 heavy (non-hydrogen) atoms. The molecule has 0 unspecified atom stereocenters. The van der Waals surface area contributed by atoms with E-state index in [0.717, 1.165) is 14.2 Å². The van der Waals surface area contributed by atoms with Gasteiger partial charge in [-0.2, -0.15) is 72.8 Å². The quantitative estimate of drug-likeness (QED) is 0.567. The summed E-state index contributed by atoms with van der Waals surface area (Å²) in [5, 5.41) is 14.0. The van der Waals surface area contributed by atoms with E-state index in [0.29, 0.717) is 0 Å². The van der Waals surface area contributed by atoms with Gasteiger partial charge < -0.3 is 10.2 Å². The summed E-state index contributed by atoms with van der Waals surface area (Å²) in [6.45, 7) is 0. The van der Waals surface area contributed by atoms with Gasteiger partial charge in [0.1, 0.15) is 0 Å². The van der Waals surface area contributed by atoms with E-state index in [1.165, 1.54) is 0 Å². The summed E-state index contributed by atoms with van der Waals surface area (Å²) in [6.07, 6.45) is 0. The van der Waals surface area contributed by atoms with Crippen LogP contribution in [0, 0.1) is 12.1 Å². The minimum atomic E-state index is 0. The van der Waals surface area contributed by atoms with Crippen LogP contribution in [-0.4, -0.2) is 24.4 Å². The Morgan fingerprint density at radius 1 is 0.529 bits per heavy atom. The first kappa shape index (κ1) is 21.4. The van der Waals surface area contributed by atoms with Gasteiger partial charge >= 0.3 is 21.7 Å². The molecule has 2 N–H and O–H groups in total. The van der Waals surface area contributed by atoms with Crippen molar-refractivity contribution < 1.29 is 31.9 Å². The van der Waals surface area contributed by atoms with E-state index in [2.05, 4.69) is 12.1 Å². The summed E-state index contributed by atoms with van der Waals surface area (Å²) < 4.78 is 0. The summed E-state index contributed by atoms with van der Waals surface area (Å²) in [6, 6.07) is 25.0. The smallest absolute Gasteiger partial charge is 0.400 e. The molecule has 0 spiro atoms. The second-order valence-electron chi connectivity index (χ2n) is 2.15. The third-order valence-corrected chi connectivity index (χ3v) is 1.21. The van der Waals surface area contributed by atoms with E-state index < -0.39 is 0 Å². The molecule has 2 aromatic rings. The van der Waals surface area contributed by atoms with Crippen LogP contribution in [0.15, 0.2) is 60.7 Å². The molecule has 0 saturated carbocycles. The predicted molar refractivity (Wildman–Crippen MR) is 66.8 cm³/mol. The molecule has 0 fully saturated rings. The van der Waals surface area contributed by atoms with Gasteiger partial charge in [0.2, 0.25) is 0 Å². The Hall–Kier alpha value is -0.926. The predicted octanol–water partition coefficient (Wildman–Crippen LogP) is 2.19. The molecule has 2 rings (SSSR count). The van der Waals surface area contributed by atoms with Crippen LogP contribution in [0.4, 0.5) is 0 Å². The molecule has 2 nitrogen and oxygen atoms in total. The minimum Gasteiger partial charge on any atom is -0.400 e. The largest absolute Gasteiger partial charge is 2.00 e. The van der Waals surface area contributed by atoms with Gasteiger partial charge in [-0.3, -0.25) is 0 Å². The van der Waals surface area contributed by atoms with Gasteiger partial charge in [0.25, 0.3) is 0 Å². The molecule has 0 radical (unpaired) electrons. The summed E-state index contributed by atoms with van der Waals surface area (Å²) in [5.74, 6) is 0. The monoisotopic (exact) mass is 266 g/mol. The summed E-state index contributed by atoms with van der Waals surface area (Å²) >= 11 is 0. The number of aliphatic hydroxyl groups is 2. The van der Waals surface area contributed by atoms with Crippen molar-refractivity contribution in [1.82, 2.24) is 0 Å². The normalized spacial score (nSPS) is 6.35. The minimum absolute atomic E-state index is 0. The zero-order valence-corrected chi connectivity index (χ0v) is 11.7. The van der Waals surface area contributed by atoms with Crippen molar-refractivity contribution in [3.05, 3.63) is 72.8 Å². The Balaban J connectivity index is -0.000000171. The topological polar surface area (TPSA) is 40.5 Å². The number of hydrogen-bond donors (Lipinski definition) is 2. The Morgan fingerprint density at radius 3 is 0.824 bits per heavy atom. The molecule has 0 aromatic heterocycles. The van der Waals surface area contributed by atoms with Crippen LogP contribution in [-0.2, 0) is 21.7 Å². The maximum absolute atomic E-state index is 7.00. The Bertz CT molecular complexity index is 190. The average Bonchev–Trinajstić information content (AvgIpc) is 2.48. The Kier molecular flexibility index (Phi) is 30.6. The zero-order valence-electron chi connectivity index (χ0n) is 10.2. The van der Waals surface area contributed by atoms with Crippen LogP contribution in [0.25, 0.3) is 0 Å². The molecule has 90 valence electrons. The molecule has 0 saturated heterocycles. The van der Waals surface area contributed by atoms with Gasteiger partial charge in [-0.15, -0.1) is 0 Å². The Morgan fingerprint density at radius 2 is 0.765 bits per heavy atom. The average molecular weight is 266 g/mol. The van der Waals surface area contributed by atoms with E-state index in [9.17, 15) is 0 Å². The standard InChI is InChI=1S/2C6H5.2CH4O.Ti/c2*1-2-4-6-5-3-1;2*1-2;/h2*1-5H;2*2H,1H3;/q2*-1;;;+2. The van der Waals surface area contributed by atoms with Crippen molar-refractivity contribution in [3.63, 3.8) is 0 Å². The van der Waals surface area contributed by atoms with Crippen molar-refractivity contribution in [2.24, 2.45) is 0 Å². The molecular formula is C14H18O2Ti. The summed E-state index contributed by atoms with van der Waals surface area (Å²) in [7, 11) is 2.00. The van der Waals surface area contributed by atoms with Crippen LogP contribution in [0.1, 0.15) is 0 Å². The van der Waals surface area contributed by atoms with Crippen molar-refractivity contribution >= 4 is 0 Å². The van der Waals surface area contributed by atoms with E-state index in [4.69, 9.17) is 10.2 Å². The third-order valence-electron chi connectivity index (χ3n) is 1.21. The first-order valence-electron chi connectivity index (χ1n) is 4.72. The molecule has 3 heteroatoms. The third kappa shape index (κ3) is 21.0. The molecular weight excluding hydrogens is 248 g/mol. The molecule has 2 aromatic carbocycles. The van der Waals surface area contributed by atoms with Gasteiger partial charge in [0, 0.05) is 14.2 Å². The van der Waals surface area contributed by atoms with E-state index >= 15 is 0 Å². The fourth-order valence-corrected chi connectivity index (χ4v) is 0.684. The van der Waals surface area contributed by atoms with E-state index in [1.54, 1.807) is 0 Å². The number of benzene rings is 2. The molecule has 0 atom stereocenters. The van der Waals surface area contributed by atoms with Gasteiger partial charge in [-0.25, -0.2) is 0 Å². The fraction of sp³-hybridized carbons (Fsp3) is 0.143. The van der Waals surface area contributed by atoms with Crippen LogP contribution < -0.4 is 0 Å². The van der Waals surface area contributed by atoms with Gasteiger partial charge in [-0.05, 0) is 0 Å². The molecule has 0 aliphatic carbocycles. The molecule has 0 bridgehead atoms. The number of hydrogen-bond acceptors (Lipinski definition) is 2. The fourth-order valence-electron chi connectivity index (χ4n) is 0.684. The van der Waals surface area contributed by atoms with Crippen molar-refractivity contribution in [3.8, 4) is 0 Å². The van der Waals surface area contributed by atoms with Gasteiger partial charge in [0.05, 0.1) is 0 Å². The van der Waals surface area contributed by atoms with Crippen LogP contribution in [0.3, 0.4) is 0 Å². The molecule has 0 heterocycles. The number of rotatable bonds is 0. The molecule has 0 aliphatic rings. The second kappa shape index (κ2) is 24.3. The van der Waals surface area contributed by atoms with Crippen LogP contribution in [0.5, 0.6) is 0 Å². The van der Waals surface area contributed by atoms with Crippen LogP contribution >= 0.6 is 0 Å². The van der Waals surface area contributed by atoms with E-state index in [1.807, 2.05) is 60.7 Å². The first-order chi connectivity index (χ1) is 8.00. The zero-order chi connectivity index (χ0) is 12.5. The Labute approximate surface area is 119 Å². The molecule has 0 amide bonds. The second-order valence-corrected chi connectivity index (χ2v) is 2.15. The maximum atomic E-state index is 7.00.